The maximum absolute atomic E-state index is 6.01. The van der Waals surface area contributed by atoms with Crippen LogP contribution in [0.25, 0.3) is 22.7 Å². The van der Waals surface area contributed by atoms with Gasteiger partial charge in [-0.1, -0.05) is 83.3 Å². The van der Waals surface area contributed by atoms with E-state index in [0.29, 0.717) is 19.0 Å². The number of rotatable bonds is 10. The van der Waals surface area contributed by atoms with E-state index < -0.39 is 0 Å². The van der Waals surface area contributed by atoms with Crippen molar-refractivity contribution in [1.82, 2.24) is 14.8 Å². The van der Waals surface area contributed by atoms with E-state index in [2.05, 4.69) is 70.2 Å². The molecule has 5 aromatic rings. The number of aromatic nitrogens is 3. The second-order valence-electron chi connectivity index (χ2n) is 8.68. The Morgan fingerprint density at radius 2 is 1.58 bits per heavy atom. The van der Waals surface area contributed by atoms with Crippen molar-refractivity contribution in [2.45, 2.75) is 32.9 Å². The van der Waals surface area contributed by atoms with Crippen LogP contribution in [0.4, 0.5) is 0 Å². The molecule has 0 amide bonds. The van der Waals surface area contributed by atoms with Gasteiger partial charge in [0, 0.05) is 17.3 Å². The third kappa shape index (κ3) is 5.87. The molecule has 0 bridgehead atoms. The summed E-state index contributed by atoms with van der Waals surface area (Å²) in [6.07, 6.45) is 4.38. The first-order chi connectivity index (χ1) is 17.7. The van der Waals surface area contributed by atoms with Crippen molar-refractivity contribution < 1.29 is 9.15 Å². The number of nitrogens with zero attached hydrogens (tertiary/aromatic N) is 3. The number of oxazole rings is 1. The fourth-order valence-corrected chi connectivity index (χ4v) is 4.50. The Morgan fingerprint density at radius 3 is 2.28 bits per heavy atom. The lowest BCUT2D eigenvalue weighted by Crippen LogP contribution is -2.01. The standard InChI is InChI=1S/C30H28IN3O2/c1-22-28(32-30(36-22)25-11-6-3-7-12-25)21-35-27-16-14-23(15-17-27)19-34-20-26(13-8-18-31)29(33-34)24-9-4-2-5-10-24/h2-7,9-12,14-17,20H,8,13,18-19,21H2,1H3. The van der Waals surface area contributed by atoms with Gasteiger partial charge in [0.2, 0.25) is 5.89 Å². The summed E-state index contributed by atoms with van der Waals surface area (Å²) in [5.41, 5.74) is 6.49. The molecule has 3 aromatic carbocycles. The van der Waals surface area contributed by atoms with Crippen molar-refractivity contribution in [3.05, 3.63) is 114 Å². The molecule has 0 aliphatic rings. The Hall–Kier alpha value is -3.39. The van der Waals surface area contributed by atoms with Crippen molar-refractivity contribution in [2.24, 2.45) is 0 Å². The summed E-state index contributed by atoms with van der Waals surface area (Å²) in [6.45, 7) is 3.00. The zero-order valence-corrected chi connectivity index (χ0v) is 22.4. The van der Waals surface area contributed by atoms with E-state index in [1.807, 2.05) is 60.1 Å². The van der Waals surface area contributed by atoms with Crippen molar-refractivity contribution in [2.75, 3.05) is 4.43 Å². The minimum Gasteiger partial charge on any atom is -0.487 e. The Morgan fingerprint density at radius 1 is 0.889 bits per heavy atom. The van der Waals surface area contributed by atoms with Gasteiger partial charge in [0.15, 0.2) is 0 Å². The van der Waals surface area contributed by atoms with E-state index in [1.165, 1.54) is 16.7 Å². The molecule has 0 saturated heterocycles. The summed E-state index contributed by atoms with van der Waals surface area (Å²) in [5.74, 6) is 2.20. The van der Waals surface area contributed by atoms with Crippen LogP contribution in [0.3, 0.4) is 0 Å². The molecular formula is C30H28IN3O2. The summed E-state index contributed by atoms with van der Waals surface area (Å²) in [6, 6.07) is 28.5. The highest BCUT2D eigenvalue weighted by Gasteiger charge is 2.13. The number of hydrogen-bond acceptors (Lipinski definition) is 4. The number of ether oxygens (including phenoxy) is 1. The normalized spacial score (nSPS) is 11.1. The fraction of sp³-hybridized carbons (Fsp3) is 0.200. The molecule has 6 heteroatoms. The van der Waals surface area contributed by atoms with Crippen molar-refractivity contribution in [3.63, 3.8) is 0 Å². The molecule has 0 spiro atoms. The molecule has 0 aliphatic heterocycles. The van der Waals surface area contributed by atoms with Crippen LogP contribution in [0.2, 0.25) is 0 Å². The minimum absolute atomic E-state index is 0.362. The third-order valence-electron chi connectivity index (χ3n) is 6.02. The molecule has 182 valence electrons. The highest BCUT2D eigenvalue weighted by molar-refractivity contribution is 14.1. The summed E-state index contributed by atoms with van der Waals surface area (Å²) in [5, 5.41) is 4.93. The number of benzene rings is 3. The zero-order valence-electron chi connectivity index (χ0n) is 20.2. The third-order valence-corrected chi connectivity index (χ3v) is 6.78. The predicted molar refractivity (Wildman–Crippen MR) is 151 cm³/mol. The smallest absolute Gasteiger partial charge is 0.226 e. The van der Waals surface area contributed by atoms with Gasteiger partial charge in [-0.3, -0.25) is 4.68 Å². The van der Waals surface area contributed by atoms with Crippen LogP contribution < -0.4 is 4.74 Å². The highest BCUT2D eigenvalue weighted by atomic mass is 127. The Bertz CT molecular complexity index is 1390. The quantitative estimate of drug-likeness (QED) is 0.125. The van der Waals surface area contributed by atoms with Gasteiger partial charge in [-0.2, -0.15) is 5.10 Å². The summed E-state index contributed by atoms with van der Waals surface area (Å²) >= 11 is 2.44. The topological polar surface area (TPSA) is 53.1 Å². The molecule has 0 unspecified atom stereocenters. The molecule has 5 rings (SSSR count). The van der Waals surface area contributed by atoms with E-state index in [-0.39, 0.29) is 0 Å². The van der Waals surface area contributed by atoms with Crippen LogP contribution in [-0.2, 0) is 19.6 Å². The van der Waals surface area contributed by atoms with Crippen molar-refractivity contribution >= 4 is 22.6 Å². The van der Waals surface area contributed by atoms with Crippen LogP contribution in [0.15, 0.2) is 95.5 Å². The van der Waals surface area contributed by atoms with Gasteiger partial charge >= 0.3 is 0 Å². The van der Waals surface area contributed by atoms with E-state index >= 15 is 0 Å². The second kappa shape index (κ2) is 11.6. The average molecular weight is 589 g/mol. The number of halogens is 1. The first kappa shape index (κ1) is 24.3. The van der Waals surface area contributed by atoms with E-state index in [4.69, 9.17) is 14.3 Å². The Kier molecular flexibility index (Phi) is 7.81. The zero-order chi connectivity index (χ0) is 24.7. The van der Waals surface area contributed by atoms with Crippen LogP contribution in [-0.4, -0.2) is 19.2 Å². The van der Waals surface area contributed by atoms with Crippen LogP contribution in [0, 0.1) is 6.92 Å². The Balaban J connectivity index is 1.24. The van der Waals surface area contributed by atoms with Gasteiger partial charge in [-0.15, -0.1) is 0 Å². The van der Waals surface area contributed by atoms with Gasteiger partial charge in [0.25, 0.3) is 0 Å². The second-order valence-corrected chi connectivity index (χ2v) is 9.76. The minimum atomic E-state index is 0.362. The summed E-state index contributed by atoms with van der Waals surface area (Å²) in [4.78, 5) is 4.62. The van der Waals surface area contributed by atoms with E-state index in [9.17, 15) is 0 Å². The SMILES string of the molecule is Cc1oc(-c2ccccc2)nc1COc1ccc(Cn2cc(CCCI)c(-c3ccccc3)n2)cc1. The highest BCUT2D eigenvalue weighted by Crippen LogP contribution is 2.25. The lowest BCUT2D eigenvalue weighted by atomic mass is 10.1. The Labute approximate surface area is 225 Å². The summed E-state index contributed by atoms with van der Waals surface area (Å²) in [7, 11) is 0. The monoisotopic (exact) mass is 589 g/mol. The maximum atomic E-state index is 6.01. The van der Waals surface area contributed by atoms with Crippen LogP contribution in [0.1, 0.15) is 29.0 Å². The van der Waals surface area contributed by atoms with Gasteiger partial charge in [-0.05, 0) is 59.6 Å². The molecule has 5 nitrogen and oxygen atoms in total. The van der Waals surface area contributed by atoms with Crippen LogP contribution in [0.5, 0.6) is 5.75 Å². The molecule has 0 N–H and O–H groups in total. The van der Waals surface area contributed by atoms with Gasteiger partial charge < -0.3 is 9.15 Å². The maximum Gasteiger partial charge on any atom is 0.226 e. The predicted octanol–water partition coefficient (Wildman–Crippen LogP) is 7.51. The molecule has 0 aliphatic carbocycles. The van der Waals surface area contributed by atoms with Crippen LogP contribution >= 0.6 is 22.6 Å². The first-order valence-electron chi connectivity index (χ1n) is 12.1. The molecule has 0 atom stereocenters. The average Bonchev–Trinajstić information content (AvgIpc) is 3.51. The van der Waals surface area contributed by atoms with E-state index in [1.54, 1.807) is 0 Å². The van der Waals surface area contributed by atoms with E-state index in [0.717, 1.165) is 45.7 Å². The number of aryl methyl sites for hydroxylation is 2. The number of alkyl halides is 1. The molecule has 36 heavy (non-hydrogen) atoms. The summed E-state index contributed by atoms with van der Waals surface area (Å²) < 4.78 is 15.0. The largest absolute Gasteiger partial charge is 0.487 e. The van der Waals surface area contributed by atoms with Gasteiger partial charge in [0.05, 0.1) is 12.2 Å². The molecule has 2 aromatic heterocycles. The van der Waals surface area contributed by atoms with Gasteiger partial charge in [-0.25, -0.2) is 4.98 Å². The molecule has 0 radical (unpaired) electrons. The molecule has 0 fully saturated rings. The molecule has 2 heterocycles. The molecule has 0 saturated carbocycles. The number of hydrogen-bond donors (Lipinski definition) is 0. The molecular weight excluding hydrogens is 561 g/mol. The lowest BCUT2D eigenvalue weighted by molar-refractivity contribution is 0.299. The van der Waals surface area contributed by atoms with Crippen molar-refractivity contribution in [3.8, 4) is 28.5 Å². The fourth-order valence-electron chi connectivity index (χ4n) is 4.12. The lowest BCUT2D eigenvalue weighted by Gasteiger charge is -2.07. The van der Waals surface area contributed by atoms with Gasteiger partial charge in [0.1, 0.15) is 23.8 Å². The van der Waals surface area contributed by atoms with Crippen molar-refractivity contribution in [1.29, 1.82) is 0 Å². The first-order valence-corrected chi connectivity index (χ1v) is 13.6.